The molecule has 4 N–H and O–H groups in total. The first-order chi connectivity index (χ1) is 9.24. The van der Waals surface area contributed by atoms with Gasteiger partial charge in [-0.25, -0.2) is 9.18 Å². The minimum atomic E-state index is -2.40. The predicted octanol–water partition coefficient (Wildman–Crippen LogP) is 0.0356. The molecule has 1 aromatic rings. The summed E-state index contributed by atoms with van der Waals surface area (Å²) in [6, 6.07) is 1.39. The highest BCUT2D eigenvalue weighted by atomic mass is 19.1. The molecule has 3 atom stereocenters. The molecule has 0 unspecified atom stereocenters. The van der Waals surface area contributed by atoms with Crippen LogP contribution in [0.4, 0.5) is 10.2 Å². The van der Waals surface area contributed by atoms with E-state index >= 15 is 0 Å². The smallest absolute Gasteiger partial charge is 0.351 e. The highest BCUT2D eigenvalue weighted by Crippen LogP contribution is 2.30. The monoisotopic (exact) mass is 289 g/mol. The van der Waals surface area contributed by atoms with Gasteiger partial charge in [-0.1, -0.05) is 13.8 Å². The maximum atomic E-state index is 13.5. The Balaban J connectivity index is 3.08. The van der Waals surface area contributed by atoms with E-state index in [1.165, 1.54) is 19.2 Å². The van der Waals surface area contributed by atoms with E-state index in [1.54, 1.807) is 13.8 Å². The van der Waals surface area contributed by atoms with Crippen LogP contribution in [-0.2, 0) is 4.74 Å². The SMILES string of the molecule is CC(C)[C@](CO)(O[C@H](C)n1ccc(N)nc1=O)[C@@H](O)F. The van der Waals surface area contributed by atoms with E-state index in [9.17, 15) is 19.4 Å². The maximum Gasteiger partial charge on any atom is 0.351 e. The quantitative estimate of drug-likeness (QED) is 0.681. The number of hydrogen-bond donors (Lipinski definition) is 3. The van der Waals surface area contributed by atoms with Crippen molar-refractivity contribution < 1.29 is 19.3 Å². The van der Waals surface area contributed by atoms with Crippen molar-refractivity contribution in [1.82, 2.24) is 9.55 Å². The summed E-state index contributed by atoms with van der Waals surface area (Å²) in [6.07, 6.45) is -1.98. The molecular formula is C12H20FN3O4. The minimum absolute atomic E-state index is 0.0567. The number of rotatable bonds is 6. The third-order valence-electron chi connectivity index (χ3n) is 3.26. The lowest BCUT2D eigenvalue weighted by Crippen LogP contribution is -2.52. The zero-order chi connectivity index (χ0) is 15.5. The molecule has 0 aromatic carbocycles. The van der Waals surface area contributed by atoms with Crippen LogP contribution in [0.5, 0.6) is 0 Å². The maximum absolute atomic E-state index is 13.5. The van der Waals surface area contributed by atoms with E-state index in [1.807, 2.05) is 0 Å². The van der Waals surface area contributed by atoms with Gasteiger partial charge in [0.15, 0.2) is 5.60 Å². The molecule has 0 aliphatic rings. The number of nitrogens with two attached hydrogens (primary N) is 1. The molecule has 8 heteroatoms. The van der Waals surface area contributed by atoms with E-state index in [-0.39, 0.29) is 5.82 Å². The van der Waals surface area contributed by atoms with E-state index < -0.39 is 36.4 Å². The van der Waals surface area contributed by atoms with Crippen LogP contribution in [0.3, 0.4) is 0 Å². The van der Waals surface area contributed by atoms with Crippen LogP contribution in [0.15, 0.2) is 17.1 Å². The van der Waals surface area contributed by atoms with Gasteiger partial charge in [-0.2, -0.15) is 4.98 Å². The number of hydrogen-bond acceptors (Lipinski definition) is 6. The molecule has 1 aromatic heterocycles. The van der Waals surface area contributed by atoms with Crippen molar-refractivity contribution in [1.29, 1.82) is 0 Å². The summed E-state index contributed by atoms with van der Waals surface area (Å²) in [5.41, 5.74) is 2.89. The van der Waals surface area contributed by atoms with Crippen molar-refractivity contribution in [2.75, 3.05) is 12.3 Å². The van der Waals surface area contributed by atoms with Crippen LogP contribution < -0.4 is 11.4 Å². The second-order valence-electron chi connectivity index (χ2n) is 4.86. The largest absolute Gasteiger partial charge is 0.393 e. The summed E-state index contributed by atoms with van der Waals surface area (Å²) in [5.74, 6) is -0.464. The normalized spacial score (nSPS) is 17.8. The Morgan fingerprint density at radius 1 is 1.55 bits per heavy atom. The summed E-state index contributed by atoms with van der Waals surface area (Å²) in [5, 5.41) is 18.6. The fraction of sp³-hybridized carbons (Fsp3) is 0.667. The minimum Gasteiger partial charge on any atom is -0.393 e. The summed E-state index contributed by atoms with van der Waals surface area (Å²) in [4.78, 5) is 15.2. The first-order valence-corrected chi connectivity index (χ1v) is 6.20. The topological polar surface area (TPSA) is 111 Å². The van der Waals surface area contributed by atoms with Gasteiger partial charge in [0.1, 0.15) is 12.0 Å². The Morgan fingerprint density at radius 2 is 2.15 bits per heavy atom. The van der Waals surface area contributed by atoms with Crippen LogP contribution in [0.2, 0.25) is 0 Å². The van der Waals surface area contributed by atoms with E-state index in [0.29, 0.717) is 0 Å². The number of anilines is 1. The summed E-state index contributed by atoms with van der Waals surface area (Å²) >= 11 is 0. The second kappa shape index (κ2) is 6.29. The summed E-state index contributed by atoms with van der Waals surface area (Å²) in [6.45, 7) is 3.93. The van der Waals surface area contributed by atoms with Gasteiger partial charge in [0.05, 0.1) is 6.61 Å². The van der Waals surface area contributed by atoms with E-state index in [0.717, 1.165) is 4.57 Å². The first-order valence-electron chi connectivity index (χ1n) is 6.20. The average Bonchev–Trinajstić information content (AvgIpc) is 2.34. The van der Waals surface area contributed by atoms with E-state index in [2.05, 4.69) is 4.98 Å². The first kappa shape index (κ1) is 16.5. The molecule has 0 saturated carbocycles. The van der Waals surface area contributed by atoms with Gasteiger partial charge >= 0.3 is 5.69 Å². The lowest BCUT2D eigenvalue weighted by Gasteiger charge is -2.38. The molecule has 0 aliphatic carbocycles. The zero-order valence-corrected chi connectivity index (χ0v) is 11.7. The highest BCUT2D eigenvalue weighted by molar-refractivity contribution is 5.23. The number of aliphatic hydroxyl groups is 2. The number of nitrogens with zero attached hydrogens (tertiary/aromatic N) is 2. The molecule has 0 spiro atoms. The number of nitrogen functional groups attached to an aromatic ring is 1. The zero-order valence-electron chi connectivity index (χ0n) is 11.7. The van der Waals surface area contributed by atoms with Gasteiger partial charge in [0.25, 0.3) is 0 Å². The van der Waals surface area contributed by atoms with Crippen molar-refractivity contribution in [3.05, 3.63) is 22.7 Å². The lowest BCUT2D eigenvalue weighted by molar-refractivity contribution is -0.245. The number of aromatic nitrogens is 2. The van der Waals surface area contributed by atoms with Crippen LogP contribution in [0.1, 0.15) is 27.0 Å². The van der Waals surface area contributed by atoms with Crippen LogP contribution in [-0.4, -0.2) is 38.3 Å². The lowest BCUT2D eigenvalue weighted by atomic mass is 9.90. The van der Waals surface area contributed by atoms with Crippen molar-refractivity contribution in [3.8, 4) is 0 Å². The number of aliphatic hydroxyl groups excluding tert-OH is 2. The molecule has 0 bridgehead atoms. The average molecular weight is 289 g/mol. The number of alkyl halides is 1. The molecule has 0 aliphatic heterocycles. The highest BCUT2D eigenvalue weighted by Gasteiger charge is 2.44. The van der Waals surface area contributed by atoms with Crippen LogP contribution in [0.25, 0.3) is 0 Å². The number of halogens is 1. The molecule has 0 saturated heterocycles. The third-order valence-corrected chi connectivity index (χ3v) is 3.26. The fourth-order valence-corrected chi connectivity index (χ4v) is 1.84. The van der Waals surface area contributed by atoms with Gasteiger partial charge in [0.2, 0.25) is 6.36 Å². The van der Waals surface area contributed by atoms with E-state index in [4.69, 9.17) is 10.5 Å². The van der Waals surface area contributed by atoms with Gasteiger partial charge in [-0.3, -0.25) is 4.57 Å². The third kappa shape index (κ3) is 3.14. The molecule has 20 heavy (non-hydrogen) atoms. The van der Waals surface area contributed by atoms with Crippen molar-refractivity contribution in [2.24, 2.45) is 5.92 Å². The molecule has 114 valence electrons. The standard InChI is InChI=1S/C12H20FN3O4/c1-7(2)12(6-17,10(13)18)20-8(3)16-5-4-9(14)15-11(16)19/h4-5,7-8,10,17-18H,6H2,1-3H3,(H2,14,15,19)/t8-,10-,12+/m1/s1. The second-order valence-corrected chi connectivity index (χ2v) is 4.86. The Kier molecular flexibility index (Phi) is 5.21. The van der Waals surface area contributed by atoms with Crippen molar-refractivity contribution >= 4 is 5.82 Å². The molecule has 0 amide bonds. The molecule has 0 radical (unpaired) electrons. The summed E-state index contributed by atoms with van der Waals surface area (Å²) < 4.78 is 20.0. The fourth-order valence-electron chi connectivity index (χ4n) is 1.84. The Bertz CT molecular complexity index is 496. The molecule has 1 rings (SSSR count). The van der Waals surface area contributed by atoms with Crippen molar-refractivity contribution in [2.45, 2.75) is 39.0 Å². The Labute approximate surface area is 115 Å². The van der Waals surface area contributed by atoms with Crippen LogP contribution in [0, 0.1) is 5.92 Å². The Hall–Kier alpha value is -1.51. The molecule has 1 heterocycles. The molecule has 7 nitrogen and oxygen atoms in total. The van der Waals surface area contributed by atoms with Gasteiger partial charge in [-0.15, -0.1) is 0 Å². The molecule has 0 fully saturated rings. The summed E-state index contributed by atoms with van der Waals surface area (Å²) in [7, 11) is 0. The Morgan fingerprint density at radius 3 is 2.55 bits per heavy atom. The van der Waals surface area contributed by atoms with Gasteiger partial charge in [-0.05, 0) is 18.9 Å². The number of ether oxygens (including phenoxy) is 1. The van der Waals surface area contributed by atoms with Gasteiger partial charge < -0.3 is 20.7 Å². The predicted molar refractivity (Wildman–Crippen MR) is 70.5 cm³/mol. The van der Waals surface area contributed by atoms with Crippen LogP contribution >= 0.6 is 0 Å². The molecular weight excluding hydrogens is 269 g/mol. The van der Waals surface area contributed by atoms with Gasteiger partial charge in [0, 0.05) is 6.20 Å². The van der Waals surface area contributed by atoms with Crippen molar-refractivity contribution in [3.63, 3.8) is 0 Å².